The number of carbonyl (C=O) groups is 1. The van der Waals surface area contributed by atoms with E-state index >= 15 is 0 Å². The fourth-order valence-corrected chi connectivity index (χ4v) is 2.05. The maximum atomic E-state index is 10.7. The van der Waals surface area contributed by atoms with Crippen molar-refractivity contribution in [2.24, 2.45) is 7.05 Å². The quantitative estimate of drug-likeness (QED) is 0.774. The van der Waals surface area contributed by atoms with Gasteiger partial charge in [0.25, 0.3) is 0 Å². The number of nitrogens with zero attached hydrogens (tertiary/aromatic N) is 3. The van der Waals surface area contributed by atoms with Crippen molar-refractivity contribution in [2.45, 2.75) is 6.42 Å². The molecule has 0 aliphatic rings. The monoisotopic (exact) mass is 257 g/mol. The van der Waals surface area contributed by atoms with E-state index in [1.165, 1.54) is 6.39 Å². The van der Waals surface area contributed by atoms with Crippen LogP contribution in [0.1, 0.15) is 5.69 Å². The third kappa shape index (κ3) is 2.08. The molecular formula is C13H11N3O3. The fourth-order valence-electron chi connectivity index (χ4n) is 2.05. The van der Waals surface area contributed by atoms with Crippen LogP contribution in [0.3, 0.4) is 0 Å². The van der Waals surface area contributed by atoms with E-state index in [1.807, 2.05) is 18.2 Å². The van der Waals surface area contributed by atoms with Crippen LogP contribution in [0.4, 0.5) is 0 Å². The maximum absolute atomic E-state index is 10.7. The molecule has 2 heterocycles. The van der Waals surface area contributed by atoms with Gasteiger partial charge < -0.3 is 9.52 Å². The minimum absolute atomic E-state index is 0.0849. The Bertz CT molecular complexity index is 757. The molecule has 0 fully saturated rings. The summed E-state index contributed by atoms with van der Waals surface area (Å²) in [6.45, 7) is 0. The first-order chi connectivity index (χ1) is 9.13. The highest BCUT2D eigenvalue weighted by atomic mass is 16.4. The van der Waals surface area contributed by atoms with Crippen LogP contribution in [-0.2, 0) is 18.3 Å². The molecule has 3 aromatic rings. The van der Waals surface area contributed by atoms with Gasteiger partial charge in [0, 0.05) is 12.6 Å². The number of hydrogen-bond acceptors (Lipinski definition) is 4. The number of aryl methyl sites for hydroxylation is 1. The summed E-state index contributed by atoms with van der Waals surface area (Å²) >= 11 is 0. The zero-order valence-electron chi connectivity index (χ0n) is 10.2. The molecule has 0 saturated heterocycles. The highest BCUT2D eigenvalue weighted by Crippen LogP contribution is 2.24. The van der Waals surface area contributed by atoms with E-state index in [9.17, 15) is 4.79 Å². The van der Waals surface area contributed by atoms with Gasteiger partial charge >= 0.3 is 5.97 Å². The van der Waals surface area contributed by atoms with Crippen molar-refractivity contribution in [3.63, 3.8) is 0 Å². The van der Waals surface area contributed by atoms with E-state index < -0.39 is 5.97 Å². The Kier molecular flexibility index (Phi) is 2.56. The lowest BCUT2D eigenvalue weighted by Gasteiger charge is -2.00. The first kappa shape index (κ1) is 11.5. The van der Waals surface area contributed by atoms with E-state index in [-0.39, 0.29) is 6.42 Å². The smallest absolute Gasteiger partial charge is 0.309 e. The van der Waals surface area contributed by atoms with Crippen LogP contribution in [-0.4, -0.2) is 25.8 Å². The molecule has 1 aromatic carbocycles. The molecule has 0 aliphatic heterocycles. The van der Waals surface area contributed by atoms with Crippen molar-refractivity contribution >= 4 is 17.1 Å². The first-order valence-electron chi connectivity index (χ1n) is 5.72. The van der Waals surface area contributed by atoms with Crippen molar-refractivity contribution in [3.05, 3.63) is 36.4 Å². The number of oxazole rings is 1. The largest absolute Gasteiger partial charge is 0.481 e. The van der Waals surface area contributed by atoms with E-state index in [0.29, 0.717) is 11.3 Å². The summed E-state index contributed by atoms with van der Waals surface area (Å²) in [7, 11) is 1.78. The summed E-state index contributed by atoms with van der Waals surface area (Å²) in [5.74, 6) is -0.893. The van der Waals surface area contributed by atoms with Crippen LogP contribution in [0, 0.1) is 0 Å². The normalized spacial score (nSPS) is 11.0. The average Bonchev–Trinajstić information content (AvgIpc) is 2.93. The van der Waals surface area contributed by atoms with Crippen LogP contribution in [0.15, 0.2) is 35.1 Å². The van der Waals surface area contributed by atoms with Crippen molar-refractivity contribution in [1.29, 1.82) is 0 Å². The summed E-state index contributed by atoms with van der Waals surface area (Å²) in [4.78, 5) is 14.7. The molecule has 0 bridgehead atoms. The highest BCUT2D eigenvalue weighted by molar-refractivity contribution is 5.79. The van der Waals surface area contributed by atoms with Crippen molar-refractivity contribution < 1.29 is 14.3 Å². The molecular weight excluding hydrogens is 246 g/mol. The lowest BCUT2D eigenvalue weighted by Crippen LogP contribution is -2.01. The Morgan fingerprint density at radius 2 is 2.26 bits per heavy atom. The van der Waals surface area contributed by atoms with Gasteiger partial charge in [-0.2, -0.15) is 5.10 Å². The third-order valence-corrected chi connectivity index (χ3v) is 2.89. The number of carboxylic acids is 1. The second kappa shape index (κ2) is 4.24. The molecule has 6 nitrogen and oxygen atoms in total. The Balaban J connectivity index is 2.05. The molecule has 0 saturated carbocycles. The average molecular weight is 257 g/mol. The van der Waals surface area contributed by atoms with Crippen LogP contribution in [0.2, 0.25) is 0 Å². The molecule has 0 atom stereocenters. The molecule has 1 N–H and O–H groups in total. The van der Waals surface area contributed by atoms with Crippen LogP contribution in [0.25, 0.3) is 22.4 Å². The van der Waals surface area contributed by atoms with E-state index in [1.54, 1.807) is 17.8 Å². The van der Waals surface area contributed by atoms with Gasteiger partial charge in [-0.3, -0.25) is 9.48 Å². The summed E-state index contributed by atoms with van der Waals surface area (Å²) < 4.78 is 6.92. The molecule has 3 rings (SSSR count). The van der Waals surface area contributed by atoms with Crippen molar-refractivity contribution in [1.82, 2.24) is 14.8 Å². The predicted molar refractivity (Wildman–Crippen MR) is 67.6 cm³/mol. The molecule has 0 spiro atoms. The Labute approximate surface area is 108 Å². The lowest BCUT2D eigenvalue weighted by molar-refractivity contribution is -0.136. The second-order valence-corrected chi connectivity index (χ2v) is 4.25. The summed E-state index contributed by atoms with van der Waals surface area (Å²) in [6.07, 6.45) is 1.31. The highest BCUT2D eigenvalue weighted by Gasteiger charge is 2.11. The van der Waals surface area contributed by atoms with Gasteiger partial charge in [-0.05, 0) is 18.2 Å². The second-order valence-electron chi connectivity index (χ2n) is 4.25. The minimum atomic E-state index is -0.893. The van der Waals surface area contributed by atoms with E-state index in [0.717, 1.165) is 16.8 Å². The SMILES string of the molecule is Cn1nc(CC(=O)O)cc1-c1ccc2ncoc2c1. The topological polar surface area (TPSA) is 81.2 Å². The Morgan fingerprint density at radius 1 is 1.42 bits per heavy atom. The molecule has 0 aliphatic carbocycles. The number of rotatable bonds is 3. The maximum Gasteiger partial charge on any atom is 0.309 e. The minimum Gasteiger partial charge on any atom is -0.481 e. The summed E-state index contributed by atoms with van der Waals surface area (Å²) in [5, 5.41) is 13.0. The van der Waals surface area contributed by atoms with E-state index in [4.69, 9.17) is 9.52 Å². The Hall–Kier alpha value is -2.63. The van der Waals surface area contributed by atoms with Gasteiger partial charge in [-0.25, -0.2) is 4.98 Å². The van der Waals surface area contributed by atoms with Gasteiger partial charge in [0.2, 0.25) is 0 Å². The molecule has 0 unspecified atom stereocenters. The predicted octanol–water partition coefficient (Wildman–Crippen LogP) is 1.86. The van der Waals surface area contributed by atoms with Gasteiger partial charge in [-0.1, -0.05) is 6.07 Å². The van der Waals surface area contributed by atoms with E-state index in [2.05, 4.69) is 10.1 Å². The molecule has 2 aromatic heterocycles. The molecule has 6 heteroatoms. The summed E-state index contributed by atoms with van der Waals surface area (Å²) in [5.41, 5.74) is 3.77. The lowest BCUT2D eigenvalue weighted by atomic mass is 10.1. The number of carboxylic acid groups (broad SMARTS) is 1. The van der Waals surface area contributed by atoms with Gasteiger partial charge in [0.05, 0.1) is 17.8 Å². The molecule has 0 amide bonds. The Morgan fingerprint density at radius 3 is 3.05 bits per heavy atom. The van der Waals surface area contributed by atoms with Crippen molar-refractivity contribution in [3.8, 4) is 11.3 Å². The number of benzene rings is 1. The molecule has 96 valence electrons. The molecule has 19 heavy (non-hydrogen) atoms. The van der Waals surface area contributed by atoms with Crippen LogP contribution in [0.5, 0.6) is 0 Å². The zero-order valence-corrected chi connectivity index (χ0v) is 10.2. The molecule has 0 radical (unpaired) electrons. The number of hydrogen-bond donors (Lipinski definition) is 1. The first-order valence-corrected chi connectivity index (χ1v) is 5.72. The van der Waals surface area contributed by atoms with Gasteiger partial charge in [-0.15, -0.1) is 0 Å². The fraction of sp³-hybridized carbons (Fsp3) is 0.154. The summed E-state index contributed by atoms with van der Waals surface area (Å²) in [6, 6.07) is 7.40. The van der Waals surface area contributed by atoms with Crippen LogP contribution < -0.4 is 0 Å². The number of fused-ring (bicyclic) bond motifs is 1. The van der Waals surface area contributed by atoms with Crippen LogP contribution >= 0.6 is 0 Å². The zero-order chi connectivity index (χ0) is 13.4. The van der Waals surface area contributed by atoms with Gasteiger partial charge in [0.1, 0.15) is 5.52 Å². The third-order valence-electron chi connectivity index (χ3n) is 2.89. The number of aromatic nitrogens is 3. The van der Waals surface area contributed by atoms with Gasteiger partial charge in [0.15, 0.2) is 12.0 Å². The number of aliphatic carboxylic acids is 1. The van der Waals surface area contributed by atoms with Crippen molar-refractivity contribution in [2.75, 3.05) is 0 Å². The standard InChI is InChI=1S/C13H11N3O3/c1-16-11(5-9(15-16)6-13(17)18)8-2-3-10-12(4-8)19-7-14-10/h2-5,7H,6H2,1H3,(H,17,18).